The molecule has 0 amide bonds. The Labute approximate surface area is 157 Å². The van der Waals surface area contributed by atoms with Gasteiger partial charge in [0, 0.05) is 6.54 Å². The van der Waals surface area contributed by atoms with Gasteiger partial charge in [0.25, 0.3) is 5.89 Å². The molecular weight excluding hydrogens is 370 g/mol. The van der Waals surface area contributed by atoms with Crippen LogP contribution in [0, 0.1) is 0 Å². The van der Waals surface area contributed by atoms with E-state index in [0.717, 1.165) is 16.9 Å². The Balaban J connectivity index is 1.83. The minimum Gasteiger partial charge on any atom is -0.418 e. The van der Waals surface area contributed by atoms with Gasteiger partial charge in [-0.15, -0.1) is 21.5 Å². The number of benzene rings is 1. The zero-order valence-corrected chi connectivity index (χ0v) is 16.4. The lowest BCUT2D eigenvalue weighted by Gasteiger charge is -2.20. The average Bonchev–Trinajstić information content (AvgIpc) is 3.33. The van der Waals surface area contributed by atoms with E-state index in [-0.39, 0.29) is 17.3 Å². The standard InChI is InChI=1S/C18H21N3O3S2/c1-3-11-21(26(22,23)15-9-7-14(4-2)8-10-15)13-17-19-20-18(24-17)16-6-5-12-25-16/h5-10,12H,3-4,11,13H2,1-2H3. The maximum atomic E-state index is 13.0. The van der Waals surface area contributed by atoms with Crippen molar-refractivity contribution in [1.82, 2.24) is 14.5 Å². The second kappa shape index (κ2) is 8.11. The summed E-state index contributed by atoms with van der Waals surface area (Å²) in [6.07, 6.45) is 1.56. The molecule has 0 saturated carbocycles. The van der Waals surface area contributed by atoms with Crippen molar-refractivity contribution in [3.63, 3.8) is 0 Å². The van der Waals surface area contributed by atoms with E-state index in [2.05, 4.69) is 10.2 Å². The summed E-state index contributed by atoms with van der Waals surface area (Å²) in [6, 6.07) is 10.8. The number of sulfonamides is 1. The van der Waals surface area contributed by atoms with E-state index in [1.54, 1.807) is 12.1 Å². The van der Waals surface area contributed by atoms with Gasteiger partial charge in [-0.05, 0) is 42.0 Å². The Morgan fingerprint density at radius 2 is 1.88 bits per heavy atom. The van der Waals surface area contributed by atoms with Gasteiger partial charge in [-0.3, -0.25) is 0 Å². The highest BCUT2D eigenvalue weighted by atomic mass is 32.2. The lowest BCUT2D eigenvalue weighted by atomic mass is 10.2. The van der Waals surface area contributed by atoms with Gasteiger partial charge in [0.2, 0.25) is 15.9 Å². The Hall–Kier alpha value is -2.03. The summed E-state index contributed by atoms with van der Waals surface area (Å²) in [4.78, 5) is 1.14. The highest BCUT2D eigenvalue weighted by Gasteiger charge is 2.26. The van der Waals surface area contributed by atoms with Gasteiger partial charge in [-0.25, -0.2) is 8.42 Å². The fraction of sp³-hybridized carbons (Fsp3) is 0.333. The van der Waals surface area contributed by atoms with Crippen molar-refractivity contribution in [1.29, 1.82) is 0 Å². The molecule has 2 heterocycles. The van der Waals surface area contributed by atoms with E-state index in [1.807, 2.05) is 43.5 Å². The van der Waals surface area contributed by atoms with Crippen LogP contribution in [0.15, 0.2) is 51.1 Å². The predicted octanol–water partition coefficient (Wildman–Crippen LogP) is 3.96. The van der Waals surface area contributed by atoms with Crippen molar-refractivity contribution >= 4 is 21.4 Å². The van der Waals surface area contributed by atoms with E-state index < -0.39 is 10.0 Å². The molecule has 0 atom stereocenters. The molecule has 0 saturated heterocycles. The summed E-state index contributed by atoms with van der Waals surface area (Å²) >= 11 is 1.50. The number of rotatable bonds is 8. The molecule has 3 aromatic rings. The monoisotopic (exact) mass is 391 g/mol. The van der Waals surface area contributed by atoms with Crippen LogP contribution >= 0.6 is 11.3 Å². The molecule has 138 valence electrons. The van der Waals surface area contributed by atoms with Gasteiger partial charge in [0.1, 0.15) is 0 Å². The number of thiophene rings is 1. The summed E-state index contributed by atoms with van der Waals surface area (Å²) in [5.74, 6) is 0.701. The van der Waals surface area contributed by atoms with E-state index in [0.29, 0.717) is 18.9 Å². The Bertz CT molecular complexity index is 932. The normalized spacial score (nSPS) is 12.0. The predicted molar refractivity (Wildman–Crippen MR) is 101 cm³/mol. The van der Waals surface area contributed by atoms with Crippen LogP contribution < -0.4 is 0 Å². The SMILES string of the molecule is CCCN(Cc1nnc(-c2cccs2)o1)S(=O)(=O)c1ccc(CC)cc1. The van der Waals surface area contributed by atoms with Gasteiger partial charge in [0.05, 0.1) is 16.3 Å². The number of hydrogen-bond acceptors (Lipinski definition) is 6. The fourth-order valence-corrected chi connectivity index (χ4v) is 4.67. The van der Waals surface area contributed by atoms with Crippen LogP contribution in [0.4, 0.5) is 0 Å². The van der Waals surface area contributed by atoms with E-state index in [4.69, 9.17) is 4.42 Å². The first kappa shape index (κ1) is 18.8. The number of aromatic nitrogens is 2. The Morgan fingerprint density at radius 3 is 2.50 bits per heavy atom. The lowest BCUT2D eigenvalue weighted by Crippen LogP contribution is -2.31. The molecule has 0 spiro atoms. The second-order valence-corrected chi connectivity index (χ2v) is 8.70. The van der Waals surface area contributed by atoms with Gasteiger partial charge >= 0.3 is 0 Å². The molecule has 8 heteroatoms. The second-order valence-electron chi connectivity index (χ2n) is 5.81. The summed E-state index contributed by atoms with van der Waals surface area (Å²) in [7, 11) is -3.62. The molecule has 2 aromatic heterocycles. The minimum atomic E-state index is -3.62. The molecule has 0 aliphatic carbocycles. The van der Waals surface area contributed by atoms with E-state index in [1.165, 1.54) is 15.6 Å². The van der Waals surface area contributed by atoms with Crippen LogP contribution in [0.2, 0.25) is 0 Å². The third kappa shape index (κ3) is 4.03. The van der Waals surface area contributed by atoms with Crippen LogP contribution in [-0.2, 0) is 23.0 Å². The zero-order valence-electron chi connectivity index (χ0n) is 14.8. The number of hydrogen-bond donors (Lipinski definition) is 0. The highest BCUT2D eigenvalue weighted by molar-refractivity contribution is 7.89. The average molecular weight is 392 g/mol. The zero-order chi connectivity index (χ0) is 18.6. The maximum Gasteiger partial charge on any atom is 0.257 e. The molecule has 3 rings (SSSR count). The quantitative estimate of drug-likeness (QED) is 0.581. The molecule has 0 aliphatic rings. The minimum absolute atomic E-state index is 0.0596. The largest absolute Gasteiger partial charge is 0.418 e. The molecule has 0 bridgehead atoms. The molecule has 0 unspecified atom stereocenters. The van der Waals surface area contributed by atoms with E-state index in [9.17, 15) is 8.42 Å². The van der Waals surface area contributed by atoms with Crippen LogP contribution in [0.5, 0.6) is 0 Å². The van der Waals surface area contributed by atoms with Gasteiger partial charge < -0.3 is 4.42 Å². The van der Waals surface area contributed by atoms with Crippen LogP contribution in [-0.4, -0.2) is 29.5 Å². The summed E-state index contributed by atoms with van der Waals surface area (Å²) < 4.78 is 33.0. The van der Waals surface area contributed by atoms with Crippen LogP contribution in [0.1, 0.15) is 31.7 Å². The van der Waals surface area contributed by atoms with Gasteiger partial charge in [0.15, 0.2) is 0 Å². The fourth-order valence-electron chi connectivity index (χ4n) is 2.55. The number of nitrogens with zero attached hydrogens (tertiary/aromatic N) is 3. The number of aryl methyl sites for hydroxylation is 1. The first-order chi connectivity index (χ1) is 12.5. The van der Waals surface area contributed by atoms with Crippen molar-refractivity contribution in [2.75, 3.05) is 6.54 Å². The van der Waals surface area contributed by atoms with E-state index >= 15 is 0 Å². The first-order valence-corrected chi connectivity index (χ1v) is 10.8. The molecule has 26 heavy (non-hydrogen) atoms. The summed E-state index contributed by atoms with van der Waals surface area (Å²) in [5, 5.41) is 9.96. The molecule has 0 aliphatic heterocycles. The molecule has 6 nitrogen and oxygen atoms in total. The van der Waals surface area contributed by atoms with Crippen molar-refractivity contribution in [2.24, 2.45) is 0 Å². The smallest absolute Gasteiger partial charge is 0.257 e. The Kier molecular flexibility index (Phi) is 5.85. The third-order valence-corrected chi connectivity index (χ3v) is 6.67. The topological polar surface area (TPSA) is 76.3 Å². The summed E-state index contributed by atoms with van der Waals surface area (Å²) in [6.45, 7) is 4.42. The highest BCUT2D eigenvalue weighted by Crippen LogP contribution is 2.24. The molecule has 0 radical (unpaired) electrons. The van der Waals surface area contributed by atoms with Crippen molar-refractivity contribution < 1.29 is 12.8 Å². The first-order valence-electron chi connectivity index (χ1n) is 8.50. The molecule has 1 aromatic carbocycles. The summed E-state index contributed by atoms with van der Waals surface area (Å²) in [5.41, 5.74) is 1.10. The Morgan fingerprint density at radius 1 is 1.12 bits per heavy atom. The van der Waals surface area contributed by atoms with Gasteiger partial charge in [-0.2, -0.15) is 4.31 Å². The lowest BCUT2D eigenvalue weighted by molar-refractivity contribution is 0.357. The molecular formula is C18H21N3O3S2. The van der Waals surface area contributed by atoms with Crippen LogP contribution in [0.25, 0.3) is 10.8 Å². The van der Waals surface area contributed by atoms with Crippen LogP contribution in [0.3, 0.4) is 0 Å². The third-order valence-electron chi connectivity index (χ3n) is 3.95. The van der Waals surface area contributed by atoms with Crippen molar-refractivity contribution in [3.8, 4) is 10.8 Å². The maximum absolute atomic E-state index is 13.0. The van der Waals surface area contributed by atoms with Crippen molar-refractivity contribution in [2.45, 2.75) is 38.1 Å². The van der Waals surface area contributed by atoms with Crippen molar-refractivity contribution in [3.05, 3.63) is 53.2 Å². The molecule has 0 N–H and O–H groups in total. The molecule has 0 fully saturated rings. The van der Waals surface area contributed by atoms with Gasteiger partial charge in [-0.1, -0.05) is 32.0 Å².